The van der Waals surface area contributed by atoms with Gasteiger partial charge in [0, 0.05) is 12.1 Å². The first kappa shape index (κ1) is 19.7. The molecule has 0 atom stereocenters. The number of nitrogens with one attached hydrogen (secondary N) is 1. The van der Waals surface area contributed by atoms with Gasteiger partial charge in [-0.1, -0.05) is 0 Å². The molecule has 0 radical (unpaired) electrons. The van der Waals surface area contributed by atoms with Crippen LogP contribution in [-0.2, 0) is 10.1 Å². The molecule has 0 saturated heterocycles. The van der Waals surface area contributed by atoms with E-state index in [0.717, 1.165) is 0 Å². The Labute approximate surface area is 136 Å². The van der Waals surface area contributed by atoms with E-state index >= 15 is 0 Å². The molecule has 0 aliphatic carbocycles. The molecule has 1 N–H and O–H groups in total. The number of anilines is 1. The van der Waals surface area contributed by atoms with Crippen LogP contribution in [0.1, 0.15) is 0 Å². The van der Waals surface area contributed by atoms with E-state index in [9.17, 15) is 30.4 Å². The van der Waals surface area contributed by atoms with Gasteiger partial charge in [-0.15, -0.1) is 0 Å². The lowest BCUT2D eigenvalue weighted by Crippen LogP contribution is -2.28. The predicted molar refractivity (Wildman–Crippen MR) is 69.4 cm³/mol. The summed E-state index contributed by atoms with van der Waals surface area (Å²) in [7, 11) is -6.23. The monoisotopic (exact) mass is 378 g/mol. The lowest BCUT2D eigenvalue weighted by Gasteiger charge is -2.12. The van der Waals surface area contributed by atoms with Crippen molar-refractivity contribution >= 4 is 15.8 Å². The Morgan fingerprint density at radius 1 is 1.04 bits per heavy atom. The maximum atomic E-state index is 13.6. The summed E-state index contributed by atoms with van der Waals surface area (Å²) in [5.74, 6) is -4.76. The molecule has 1 aromatic carbocycles. The van der Waals surface area contributed by atoms with E-state index in [0.29, 0.717) is 0 Å². The van der Waals surface area contributed by atoms with Gasteiger partial charge in [-0.2, -0.15) is 37.4 Å². The third-order valence-electron chi connectivity index (χ3n) is 2.35. The highest BCUT2D eigenvalue weighted by atomic mass is 32.2. The number of allylic oxidation sites excluding steroid dienone is 2. The number of hydrogen-bond donors (Lipinski definition) is 1. The fraction of sp³-hybridized carbons (Fsp3) is 0.0833. The van der Waals surface area contributed by atoms with Crippen LogP contribution in [-0.4, -0.2) is 13.9 Å². The zero-order valence-electron chi connectivity index (χ0n) is 11.5. The van der Waals surface area contributed by atoms with Gasteiger partial charge >= 0.3 is 15.6 Å². The lowest BCUT2D eigenvalue weighted by atomic mass is 10.2. The number of rotatable bonds is 4. The van der Waals surface area contributed by atoms with Gasteiger partial charge in [0.2, 0.25) is 0 Å². The Bertz CT molecular complexity index is 949. The van der Waals surface area contributed by atoms with Gasteiger partial charge in [0.15, 0.2) is 17.1 Å². The fourth-order valence-electron chi connectivity index (χ4n) is 1.27. The van der Waals surface area contributed by atoms with Crippen molar-refractivity contribution in [1.82, 2.24) is 0 Å². The molecule has 0 unspecified atom stereocenters. The van der Waals surface area contributed by atoms with Crippen molar-refractivity contribution in [2.24, 2.45) is 0 Å². The predicted octanol–water partition coefficient (Wildman–Crippen LogP) is 2.43. The van der Waals surface area contributed by atoms with Crippen molar-refractivity contribution in [1.29, 1.82) is 15.8 Å². The van der Waals surface area contributed by atoms with Crippen molar-refractivity contribution in [3.8, 4) is 24.0 Å². The number of hydrogen-bond acceptors (Lipinski definition) is 7. The Hall–Kier alpha value is -3.37. The molecule has 130 valence electrons. The number of alkyl halides is 3. The smallest absolute Gasteiger partial charge is 0.373 e. The second-order valence-electron chi connectivity index (χ2n) is 3.96. The summed E-state index contributed by atoms with van der Waals surface area (Å²) in [4.78, 5) is 0. The minimum Gasteiger partial charge on any atom is -0.373 e. The standard InChI is InChI=1S/C12H3F5N4O3S/c13-7-1-8(14)11(24-25(22,23)12(15,16)17)2-9(7)21-10(5-20)6(3-18)4-19/h1-2,21H. The maximum Gasteiger partial charge on any atom is 0.534 e. The SMILES string of the molecule is N#CC(C#N)=C(C#N)Nc1cc(OS(=O)(=O)C(F)(F)F)c(F)cc1F. The van der Waals surface area contributed by atoms with Crippen molar-refractivity contribution < 1.29 is 34.6 Å². The third kappa shape index (κ3) is 4.34. The van der Waals surface area contributed by atoms with Gasteiger partial charge in [0.25, 0.3) is 0 Å². The van der Waals surface area contributed by atoms with Gasteiger partial charge in [-0.3, -0.25) is 0 Å². The van der Waals surface area contributed by atoms with Crippen LogP contribution >= 0.6 is 0 Å². The summed E-state index contributed by atoms with van der Waals surface area (Å²) < 4.78 is 89.1. The minimum atomic E-state index is -6.23. The maximum absolute atomic E-state index is 13.6. The normalized spacial score (nSPS) is 10.8. The third-order valence-corrected chi connectivity index (χ3v) is 3.32. The summed E-state index contributed by atoms with van der Waals surface area (Å²) in [6, 6.07) is 4.05. The van der Waals surface area contributed by atoms with Crippen molar-refractivity contribution in [2.45, 2.75) is 5.51 Å². The molecule has 0 fully saturated rings. The van der Waals surface area contributed by atoms with E-state index in [-0.39, 0.29) is 12.1 Å². The summed E-state index contributed by atoms with van der Waals surface area (Å²) in [6.07, 6.45) is 0. The van der Waals surface area contributed by atoms with Crippen molar-refractivity contribution in [3.63, 3.8) is 0 Å². The molecule has 0 amide bonds. The van der Waals surface area contributed by atoms with Crippen LogP contribution in [0.5, 0.6) is 5.75 Å². The van der Waals surface area contributed by atoms with Crippen LogP contribution in [0.25, 0.3) is 0 Å². The number of nitriles is 3. The number of nitrogens with zero attached hydrogens (tertiary/aromatic N) is 3. The Kier molecular flexibility index (Phi) is 5.53. The summed E-state index contributed by atoms with van der Waals surface area (Å²) in [5, 5.41) is 27.9. The highest BCUT2D eigenvalue weighted by molar-refractivity contribution is 7.88. The summed E-state index contributed by atoms with van der Waals surface area (Å²) in [6.45, 7) is 0. The zero-order valence-corrected chi connectivity index (χ0v) is 12.3. The quantitative estimate of drug-likeness (QED) is 0.369. The average Bonchev–Trinajstić information content (AvgIpc) is 2.50. The van der Waals surface area contributed by atoms with Gasteiger partial charge in [0.05, 0.1) is 5.69 Å². The molecule has 0 aliphatic rings. The average molecular weight is 378 g/mol. The van der Waals surface area contributed by atoms with Gasteiger partial charge in [0.1, 0.15) is 29.7 Å². The second-order valence-corrected chi connectivity index (χ2v) is 5.49. The van der Waals surface area contributed by atoms with Gasteiger partial charge in [-0.05, 0) is 0 Å². The number of benzene rings is 1. The second kappa shape index (κ2) is 7.03. The minimum absolute atomic E-state index is 0.0169. The lowest BCUT2D eigenvalue weighted by molar-refractivity contribution is -0.0500. The largest absolute Gasteiger partial charge is 0.534 e. The first-order valence-electron chi connectivity index (χ1n) is 5.68. The van der Waals surface area contributed by atoms with Crippen LogP contribution in [0.4, 0.5) is 27.6 Å². The van der Waals surface area contributed by atoms with Crippen LogP contribution in [0.15, 0.2) is 23.4 Å². The zero-order chi connectivity index (χ0) is 19.4. The van der Waals surface area contributed by atoms with Crippen LogP contribution in [0.2, 0.25) is 0 Å². The summed E-state index contributed by atoms with van der Waals surface area (Å²) >= 11 is 0. The van der Waals surface area contributed by atoms with E-state index in [2.05, 4.69) is 4.18 Å². The van der Waals surface area contributed by atoms with Crippen LogP contribution in [0, 0.1) is 45.6 Å². The van der Waals surface area contributed by atoms with Crippen molar-refractivity contribution in [3.05, 3.63) is 35.0 Å². The van der Waals surface area contributed by atoms with E-state index in [1.165, 1.54) is 18.2 Å². The molecule has 1 aromatic rings. The van der Waals surface area contributed by atoms with Gasteiger partial charge in [-0.25, -0.2) is 8.78 Å². The Morgan fingerprint density at radius 2 is 1.60 bits per heavy atom. The topological polar surface area (TPSA) is 127 Å². The molecule has 0 bridgehead atoms. The molecule has 0 saturated carbocycles. The molecule has 13 heteroatoms. The van der Waals surface area contributed by atoms with E-state index < -0.39 is 50.0 Å². The Morgan fingerprint density at radius 3 is 2.04 bits per heavy atom. The molecule has 0 spiro atoms. The molecular formula is C12H3F5N4O3S. The first-order chi connectivity index (χ1) is 11.5. The van der Waals surface area contributed by atoms with E-state index in [4.69, 9.17) is 15.8 Å². The van der Waals surface area contributed by atoms with E-state index in [1.54, 1.807) is 0 Å². The molecule has 0 heterocycles. The molecular weight excluding hydrogens is 375 g/mol. The first-order valence-corrected chi connectivity index (χ1v) is 7.09. The highest BCUT2D eigenvalue weighted by Crippen LogP contribution is 2.31. The highest BCUT2D eigenvalue weighted by Gasteiger charge is 2.49. The molecule has 7 nitrogen and oxygen atoms in total. The van der Waals surface area contributed by atoms with Crippen LogP contribution < -0.4 is 9.50 Å². The molecule has 0 aromatic heterocycles. The van der Waals surface area contributed by atoms with E-state index in [1.807, 2.05) is 5.32 Å². The van der Waals surface area contributed by atoms with Crippen molar-refractivity contribution in [2.75, 3.05) is 5.32 Å². The molecule has 1 rings (SSSR count). The molecule has 25 heavy (non-hydrogen) atoms. The fourth-order valence-corrected chi connectivity index (χ4v) is 1.73. The number of halogens is 5. The summed E-state index contributed by atoms with van der Waals surface area (Å²) in [5.41, 5.74) is -8.39. The molecule has 0 aliphatic heterocycles. The van der Waals surface area contributed by atoms with Crippen LogP contribution in [0.3, 0.4) is 0 Å². The van der Waals surface area contributed by atoms with Gasteiger partial charge < -0.3 is 9.50 Å². The Balaban J connectivity index is 3.40.